The molecule has 3 heteroatoms. The van der Waals surface area contributed by atoms with Gasteiger partial charge in [-0.1, -0.05) is 19.1 Å². The van der Waals surface area contributed by atoms with Crippen LogP contribution in [-0.2, 0) is 4.79 Å². The summed E-state index contributed by atoms with van der Waals surface area (Å²) in [6.07, 6.45) is 0.970. The molecule has 2 atom stereocenters. The van der Waals surface area contributed by atoms with E-state index in [2.05, 4.69) is 12.2 Å². The van der Waals surface area contributed by atoms with Gasteiger partial charge in [0.2, 0.25) is 5.91 Å². The maximum Gasteiger partial charge on any atom is 0.227 e. The van der Waals surface area contributed by atoms with E-state index in [1.165, 1.54) is 6.92 Å². The highest BCUT2D eigenvalue weighted by molar-refractivity contribution is 5.98. The van der Waals surface area contributed by atoms with Gasteiger partial charge in [0.1, 0.15) is 0 Å². The third kappa shape index (κ3) is 2.30. The zero-order chi connectivity index (χ0) is 11.7. The molecule has 0 heterocycles. The van der Waals surface area contributed by atoms with Crippen molar-refractivity contribution in [2.24, 2.45) is 11.8 Å². The minimum absolute atomic E-state index is 0.0101. The van der Waals surface area contributed by atoms with Crippen molar-refractivity contribution in [3.8, 4) is 0 Å². The molecule has 1 amide bonds. The summed E-state index contributed by atoms with van der Waals surface area (Å²) in [5.74, 6) is 0.723. The van der Waals surface area contributed by atoms with Crippen LogP contribution in [0.5, 0.6) is 0 Å². The summed E-state index contributed by atoms with van der Waals surface area (Å²) in [6.45, 7) is 3.58. The Bertz CT molecular complexity index is 439. The second-order valence-corrected chi connectivity index (χ2v) is 4.45. The SMILES string of the molecule is CC(=O)c1cccc(NC(=O)[C@H]2C[C@H]2C)c1. The summed E-state index contributed by atoms with van der Waals surface area (Å²) in [4.78, 5) is 22.8. The lowest BCUT2D eigenvalue weighted by Crippen LogP contribution is -2.14. The molecule has 1 aliphatic carbocycles. The number of amides is 1. The fourth-order valence-electron chi connectivity index (χ4n) is 1.74. The fraction of sp³-hybridized carbons (Fsp3) is 0.385. The molecular weight excluding hydrogens is 202 g/mol. The molecule has 0 radical (unpaired) electrons. The first kappa shape index (κ1) is 10.9. The van der Waals surface area contributed by atoms with Crippen LogP contribution < -0.4 is 5.32 Å². The summed E-state index contributed by atoms with van der Waals surface area (Å²) in [6, 6.07) is 7.05. The van der Waals surface area contributed by atoms with Crippen molar-refractivity contribution in [2.75, 3.05) is 5.32 Å². The summed E-state index contributed by atoms with van der Waals surface area (Å²) in [7, 11) is 0. The molecule has 1 aromatic rings. The quantitative estimate of drug-likeness (QED) is 0.790. The van der Waals surface area contributed by atoms with Gasteiger partial charge in [-0.2, -0.15) is 0 Å². The van der Waals surface area contributed by atoms with E-state index < -0.39 is 0 Å². The van der Waals surface area contributed by atoms with E-state index in [9.17, 15) is 9.59 Å². The van der Waals surface area contributed by atoms with Gasteiger partial charge in [-0.25, -0.2) is 0 Å². The summed E-state index contributed by atoms with van der Waals surface area (Å²) < 4.78 is 0. The topological polar surface area (TPSA) is 46.2 Å². The van der Waals surface area contributed by atoms with Crippen LogP contribution in [0, 0.1) is 11.8 Å². The van der Waals surface area contributed by atoms with Gasteiger partial charge in [0.15, 0.2) is 5.78 Å². The van der Waals surface area contributed by atoms with Crippen molar-refractivity contribution in [3.63, 3.8) is 0 Å². The van der Waals surface area contributed by atoms with Gasteiger partial charge in [-0.15, -0.1) is 0 Å². The van der Waals surface area contributed by atoms with Crippen LogP contribution in [0.4, 0.5) is 5.69 Å². The van der Waals surface area contributed by atoms with Crippen LogP contribution in [0.1, 0.15) is 30.6 Å². The van der Waals surface area contributed by atoms with E-state index >= 15 is 0 Å². The van der Waals surface area contributed by atoms with Crippen LogP contribution in [-0.4, -0.2) is 11.7 Å². The van der Waals surface area contributed by atoms with Crippen molar-refractivity contribution in [2.45, 2.75) is 20.3 Å². The zero-order valence-electron chi connectivity index (χ0n) is 9.49. The molecule has 1 aromatic carbocycles. The van der Waals surface area contributed by atoms with Crippen LogP contribution in [0.3, 0.4) is 0 Å². The number of anilines is 1. The number of Topliss-reactive ketones (excluding diaryl/α,β-unsaturated/α-hetero) is 1. The molecule has 1 N–H and O–H groups in total. The summed E-state index contributed by atoms with van der Waals surface area (Å²) >= 11 is 0. The molecule has 0 aliphatic heterocycles. The van der Waals surface area contributed by atoms with E-state index in [4.69, 9.17) is 0 Å². The van der Waals surface area contributed by atoms with Crippen molar-refractivity contribution in [3.05, 3.63) is 29.8 Å². The highest BCUT2D eigenvalue weighted by Gasteiger charge is 2.39. The zero-order valence-corrected chi connectivity index (χ0v) is 9.49. The smallest absolute Gasteiger partial charge is 0.227 e. The monoisotopic (exact) mass is 217 g/mol. The molecule has 16 heavy (non-hydrogen) atoms. The maximum absolute atomic E-state index is 11.7. The van der Waals surface area contributed by atoms with E-state index in [1.807, 2.05) is 0 Å². The first-order valence-electron chi connectivity index (χ1n) is 5.50. The Morgan fingerprint density at radius 2 is 2.06 bits per heavy atom. The van der Waals surface area contributed by atoms with Crippen molar-refractivity contribution in [1.29, 1.82) is 0 Å². The molecule has 1 aliphatic rings. The van der Waals surface area contributed by atoms with E-state index in [-0.39, 0.29) is 17.6 Å². The molecule has 2 rings (SSSR count). The van der Waals surface area contributed by atoms with Gasteiger partial charge in [0.25, 0.3) is 0 Å². The van der Waals surface area contributed by atoms with Gasteiger partial charge in [0.05, 0.1) is 0 Å². The average molecular weight is 217 g/mol. The first-order chi connectivity index (χ1) is 7.58. The highest BCUT2D eigenvalue weighted by Crippen LogP contribution is 2.38. The van der Waals surface area contributed by atoms with Crippen molar-refractivity contribution < 1.29 is 9.59 Å². The molecule has 1 fully saturated rings. The number of nitrogens with one attached hydrogen (secondary N) is 1. The normalized spacial score (nSPS) is 22.6. The van der Waals surface area contributed by atoms with Gasteiger partial charge < -0.3 is 5.32 Å². The van der Waals surface area contributed by atoms with E-state index in [0.29, 0.717) is 17.2 Å². The van der Waals surface area contributed by atoms with Gasteiger partial charge >= 0.3 is 0 Å². The second kappa shape index (κ2) is 4.08. The molecule has 0 unspecified atom stereocenters. The molecule has 3 nitrogen and oxygen atoms in total. The molecule has 0 aromatic heterocycles. The number of carbonyl (C=O) groups excluding carboxylic acids is 2. The van der Waals surface area contributed by atoms with Gasteiger partial charge in [-0.05, 0) is 31.4 Å². The average Bonchev–Trinajstić information content (AvgIpc) is 2.96. The number of hydrogen-bond donors (Lipinski definition) is 1. The number of rotatable bonds is 3. The molecule has 0 bridgehead atoms. The number of hydrogen-bond acceptors (Lipinski definition) is 2. The van der Waals surface area contributed by atoms with Crippen LogP contribution >= 0.6 is 0 Å². The van der Waals surface area contributed by atoms with Gasteiger partial charge in [-0.3, -0.25) is 9.59 Å². The van der Waals surface area contributed by atoms with Crippen LogP contribution in [0.25, 0.3) is 0 Å². The predicted octanol–water partition coefficient (Wildman–Crippen LogP) is 2.48. The second-order valence-electron chi connectivity index (χ2n) is 4.45. The lowest BCUT2D eigenvalue weighted by Gasteiger charge is -2.05. The molecular formula is C13H15NO2. The number of ketones is 1. The van der Waals surface area contributed by atoms with Crippen LogP contribution in [0.2, 0.25) is 0 Å². The molecule has 84 valence electrons. The summed E-state index contributed by atoms with van der Waals surface area (Å²) in [5.41, 5.74) is 1.33. The van der Waals surface area contributed by atoms with E-state index in [1.54, 1.807) is 24.3 Å². The molecule has 0 saturated heterocycles. The fourth-order valence-corrected chi connectivity index (χ4v) is 1.74. The lowest BCUT2D eigenvalue weighted by molar-refractivity contribution is -0.117. The summed E-state index contributed by atoms with van der Waals surface area (Å²) in [5, 5.41) is 2.84. The minimum atomic E-state index is 0.0101. The Balaban J connectivity index is 2.06. The third-order valence-electron chi connectivity index (χ3n) is 2.98. The molecule has 1 saturated carbocycles. The Labute approximate surface area is 94.9 Å². The standard InChI is InChI=1S/C13H15NO2/c1-8-6-12(8)13(16)14-11-5-3-4-10(7-11)9(2)15/h3-5,7-8,12H,6H2,1-2H3,(H,14,16)/t8-,12+/m1/s1. The third-order valence-corrected chi connectivity index (χ3v) is 2.98. The van der Waals surface area contributed by atoms with E-state index in [0.717, 1.165) is 6.42 Å². The Morgan fingerprint density at radius 1 is 1.38 bits per heavy atom. The largest absolute Gasteiger partial charge is 0.326 e. The maximum atomic E-state index is 11.7. The van der Waals surface area contributed by atoms with Crippen molar-refractivity contribution in [1.82, 2.24) is 0 Å². The number of benzene rings is 1. The Morgan fingerprint density at radius 3 is 2.62 bits per heavy atom. The lowest BCUT2D eigenvalue weighted by atomic mass is 10.1. The molecule has 0 spiro atoms. The Kier molecular flexibility index (Phi) is 2.77. The Hall–Kier alpha value is -1.64. The van der Waals surface area contributed by atoms with Gasteiger partial charge in [0, 0.05) is 17.2 Å². The minimum Gasteiger partial charge on any atom is -0.326 e. The number of carbonyl (C=O) groups is 2. The predicted molar refractivity (Wildman–Crippen MR) is 62.3 cm³/mol. The van der Waals surface area contributed by atoms with Crippen molar-refractivity contribution >= 4 is 17.4 Å². The van der Waals surface area contributed by atoms with Crippen LogP contribution in [0.15, 0.2) is 24.3 Å². The highest BCUT2D eigenvalue weighted by atomic mass is 16.2. The first-order valence-corrected chi connectivity index (χ1v) is 5.50.